The van der Waals surface area contributed by atoms with Crippen LogP contribution >= 0.6 is 23.2 Å². The van der Waals surface area contributed by atoms with Crippen LogP contribution in [0.2, 0.25) is 10.0 Å². The molecule has 0 bridgehead atoms. The van der Waals surface area contributed by atoms with Crippen LogP contribution in [0.5, 0.6) is 0 Å². The normalized spacial score (nSPS) is 12.6. The van der Waals surface area contributed by atoms with Gasteiger partial charge in [0, 0.05) is 16.6 Å². The van der Waals surface area contributed by atoms with E-state index in [4.69, 9.17) is 23.2 Å². The van der Waals surface area contributed by atoms with Crippen molar-refractivity contribution in [3.63, 3.8) is 0 Å². The Morgan fingerprint density at radius 1 is 1.39 bits per heavy atom. The summed E-state index contributed by atoms with van der Waals surface area (Å²) in [5.74, 6) is 0.0487. The van der Waals surface area contributed by atoms with E-state index in [0.717, 1.165) is 10.5 Å². The molecule has 0 saturated heterocycles. The smallest absolute Gasteiger partial charge is 0.275 e. The lowest BCUT2D eigenvalue weighted by Crippen LogP contribution is -3.09. The predicted molar refractivity (Wildman–Crippen MR) is 75.2 cm³/mol. The van der Waals surface area contributed by atoms with E-state index in [1.54, 1.807) is 6.07 Å². The van der Waals surface area contributed by atoms with E-state index < -0.39 is 0 Å². The van der Waals surface area contributed by atoms with Gasteiger partial charge < -0.3 is 10.2 Å². The number of quaternary nitrogens is 1. The van der Waals surface area contributed by atoms with E-state index in [1.807, 2.05) is 33.0 Å². The fraction of sp³-hybridized carbons (Fsp3) is 0.462. The highest BCUT2D eigenvalue weighted by Crippen LogP contribution is 2.19. The minimum atomic E-state index is 0.0487. The number of hydrogen-bond acceptors (Lipinski definition) is 1. The zero-order valence-corrected chi connectivity index (χ0v) is 12.4. The van der Waals surface area contributed by atoms with E-state index in [0.29, 0.717) is 23.1 Å². The first-order valence-electron chi connectivity index (χ1n) is 5.93. The number of carbonyl (C=O) groups excluding carboxylic acids is 1. The minimum Gasteiger partial charge on any atom is -0.349 e. The predicted octanol–water partition coefficient (Wildman–Crippen LogP) is 1.53. The third-order valence-electron chi connectivity index (χ3n) is 2.42. The molecule has 0 aliphatic heterocycles. The maximum Gasteiger partial charge on any atom is 0.275 e. The Kier molecular flexibility index (Phi) is 5.93. The van der Waals surface area contributed by atoms with E-state index in [9.17, 15) is 4.79 Å². The molecule has 5 heteroatoms. The van der Waals surface area contributed by atoms with Crippen LogP contribution in [0.3, 0.4) is 0 Å². The van der Waals surface area contributed by atoms with Crippen molar-refractivity contribution in [2.75, 3.05) is 13.6 Å². The fourth-order valence-electron chi connectivity index (χ4n) is 1.70. The van der Waals surface area contributed by atoms with Crippen molar-refractivity contribution in [2.45, 2.75) is 26.4 Å². The largest absolute Gasteiger partial charge is 0.349 e. The summed E-state index contributed by atoms with van der Waals surface area (Å²) < 4.78 is 0. The molecule has 0 aliphatic rings. The Balaban J connectivity index is 2.54. The fourth-order valence-corrected chi connectivity index (χ4v) is 2.18. The molecule has 1 aromatic rings. The molecule has 0 spiro atoms. The Morgan fingerprint density at radius 3 is 2.61 bits per heavy atom. The highest BCUT2D eigenvalue weighted by molar-refractivity contribution is 6.35. The molecule has 18 heavy (non-hydrogen) atoms. The van der Waals surface area contributed by atoms with Crippen LogP contribution in [0.15, 0.2) is 18.2 Å². The summed E-state index contributed by atoms with van der Waals surface area (Å²) in [6, 6.07) is 5.60. The van der Waals surface area contributed by atoms with Gasteiger partial charge in [-0.25, -0.2) is 0 Å². The molecular weight excluding hydrogens is 271 g/mol. The van der Waals surface area contributed by atoms with Gasteiger partial charge in [0.2, 0.25) is 0 Å². The second-order valence-electron chi connectivity index (χ2n) is 4.77. The van der Waals surface area contributed by atoms with Gasteiger partial charge >= 0.3 is 0 Å². The molecule has 1 aromatic carbocycles. The zero-order valence-electron chi connectivity index (χ0n) is 10.9. The highest BCUT2D eigenvalue weighted by atomic mass is 35.5. The van der Waals surface area contributed by atoms with E-state index in [2.05, 4.69) is 5.32 Å². The van der Waals surface area contributed by atoms with Gasteiger partial charge in [-0.2, -0.15) is 0 Å². The second kappa shape index (κ2) is 6.98. The van der Waals surface area contributed by atoms with Crippen LogP contribution in [0.1, 0.15) is 19.4 Å². The number of halogens is 2. The quantitative estimate of drug-likeness (QED) is 0.847. The van der Waals surface area contributed by atoms with Crippen molar-refractivity contribution in [2.24, 2.45) is 0 Å². The highest BCUT2D eigenvalue weighted by Gasteiger charge is 2.13. The van der Waals surface area contributed by atoms with Gasteiger partial charge in [0.25, 0.3) is 5.91 Å². The lowest BCUT2D eigenvalue weighted by atomic mass is 10.2. The zero-order chi connectivity index (χ0) is 13.7. The molecule has 0 fully saturated rings. The monoisotopic (exact) mass is 289 g/mol. The number of benzene rings is 1. The molecule has 0 heterocycles. The average Bonchev–Trinajstić information content (AvgIpc) is 2.20. The molecule has 1 rings (SSSR count). The summed E-state index contributed by atoms with van der Waals surface area (Å²) in [4.78, 5) is 12.7. The number of carbonyl (C=O) groups is 1. The van der Waals surface area contributed by atoms with Crippen molar-refractivity contribution < 1.29 is 9.69 Å². The van der Waals surface area contributed by atoms with Gasteiger partial charge in [-0.3, -0.25) is 4.79 Å². The Bertz CT molecular complexity index is 421. The van der Waals surface area contributed by atoms with Gasteiger partial charge in [0.15, 0.2) is 6.54 Å². The molecule has 3 nitrogen and oxygen atoms in total. The number of likely N-dealkylation sites (N-methyl/N-ethyl adjacent to an activating group) is 1. The summed E-state index contributed by atoms with van der Waals surface area (Å²) in [6.45, 7) is 5.02. The third kappa shape index (κ3) is 5.25. The number of amides is 1. The standard InChI is InChI=1S/C13H18Cl2N2O/c1-9(2)16-13(18)8-17(3)7-10-4-5-11(14)6-12(10)15/h4-6,9H,7-8H2,1-3H3,(H,16,18)/p+1. The lowest BCUT2D eigenvalue weighted by molar-refractivity contribution is -0.885. The van der Waals surface area contributed by atoms with Crippen molar-refractivity contribution in [1.29, 1.82) is 0 Å². The third-order valence-corrected chi connectivity index (χ3v) is 3.01. The maximum atomic E-state index is 11.6. The van der Waals surface area contributed by atoms with Gasteiger partial charge in [-0.1, -0.05) is 29.3 Å². The van der Waals surface area contributed by atoms with Crippen LogP contribution < -0.4 is 10.2 Å². The number of hydrogen-bond donors (Lipinski definition) is 2. The van der Waals surface area contributed by atoms with Gasteiger partial charge in [0.05, 0.1) is 12.1 Å². The molecular formula is C13H19Cl2N2O+. The van der Waals surface area contributed by atoms with Crippen LogP contribution in [-0.2, 0) is 11.3 Å². The Hall–Kier alpha value is -0.770. The molecule has 0 aromatic heterocycles. The molecule has 0 radical (unpaired) electrons. The topological polar surface area (TPSA) is 33.5 Å². The first-order valence-corrected chi connectivity index (χ1v) is 6.68. The van der Waals surface area contributed by atoms with Gasteiger partial charge in [0.1, 0.15) is 6.54 Å². The van der Waals surface area contributed by atoms with Crippen LogP contribution in [0.4, 0.5) is 0 Å². The van der Waals surface area contributed by atoms with E-state index in [-0.39, 0.29) is 11.9 Å². The van der Waals surface area contributed by atoms with Crippen LogP contribution in [0, 0.1) is 0 Å². The van der Waals surface area contributed by atoms with Crippen LogP contribution in [0.25, 0.3) is 0 Å². The molecule has 1 amide bonds. The summed E-state index contributed by atoms with van der Waals surface area (Å²) in [6.07, 6.45) is 0. The summed E-state index contributed by atoms with van der Waals surface area (Å²) >= 11 is 11.9. The SMILES string of the molecule is CC(C)NC(=O)C[NH+](C)Cc1ccc(Cl)cc1Cl. The average molecular weight is 290 g/mol. The van der Waals surface area contributed by atoms with Crippen LogP contribution in [-0.4, -0.2) is 25.5 Å². The molecule has 2 N–H and O–H groups in total. The molecule has 100 valence electrons. The Morgan fingerprint density at radius 2 is 2.06 bits per heavy atom. The number of rotatable bonds is 5. The maximum absolute atomic E-state index is 11.6. The van der Waals surface area contributed by atoms with Crippen molar-refractivity contribution in [3.8, 4) is 0 Å². The minimum absolute atomic E-state index is 0.0487. The molecule has 1 unspecified atom stereocenters. The summed E-state index contributed by atoms with van der Waals surface area (Å²) in [5.41, 5.74) is 0.996. The second-order valence-corrected chi connectivity index (χ2v) is 5.61. The van der Waals surface area contributed by atoms with Gasteiger partial charge in [-0.05, 0) is 26.0 Å². The van der Waals surface area contributed by atoms with Crippen molar-refractivity contribution in [1.82, 2.24) is 5.32 Å². The summed E-state index contributed by atoms with van der Waals surface area (Å²) in [7, 11) is 1.96. The summed E-state index contributed by atoms with van der Waals surface area (Å²) in [5, 5.41) is 4.14. The van der Waals surface area contributed by atoms with E-state index in [1.165, 1.54) is 0 Å². The first-order chi connectivity index (χ1) is 8.38. The molecule has 0 saturated carbocycles. The van der Waals surface area contributed by atoms with Crippen molar-refractivity contribution in [3.05, 3.63) is 33.8 Å². The molecule has 1 atom stereocenters. The number of nitrogens with one attached hydrogen (secondary N) is 2. The first kappa shape index (κ1) is 15.3. The molecule has 0 aliphatic carbocycles. The van der Waals surface area contributed by atoms with Gasteiger partial charge in [-0.15, -0.1) is 0 Å². The lowest BCUT2D eigenvalue weighted by Gasteiger charge is -2.15. The van der Waals surface area contributed by atoms with E-state index >= 15 is 0 Å². The Labute approximate surface area is 118 Å². The van der Waals surface area contributed by atoms with Crippen molar-refractivity contribution >= 4 is 29.1 Å².